The molecular formula is C50H62Cl2O2SiZr. The van der Waals surface area contributed by atoms with Gasteiger partial charge in [0.25, 0.3) is 0 Å². The predicted molar refractivity (Wildman–Crippen MR) is 242 cm³/mol. The number of allylic oxidation sites excluding steroid dienone is 4. The van der Waals surface area contributed by atoms with Gasteiger partial charge in [-0.05, 0) is 117 Å². The summed E-state index contributed by atoms with van der Waals surface area (Å²) >= 11 is 17.3. The molecule has 0 aliphatic heterocycles. The summed E-state index contributed by atoms with van der Waals surface area (Å²) < 4.78 is 11.3. The molecule has 0 N–H and O–H groups in total. The van der Waals surface area contributed by atoms with Crippen LogP contribution in [0.2, 0.25) is 0 Å². The topological polar surface area (TPSA) is 18.5 Å². The zero-order valence-corrected chi connectivity index (χ0v) is 41.7. The number of rotatable bonds is 10. The van der Waals surface area contributed by atoms with Crippen molar-refractivity contribution < 1.29 is 35.7 Å². The van der Waals surface area contributed by atoms with E-state index in [0.29, 0.717) is 11.8 Å². The van der Waals surface area contributed by atoms with Crippen LogP contribution in [0.25, 0.3) is 33.4 Å². The fraction of sp³-hybridized carbons (Fsp3) is 0.440. The summed E-state index contributed by atoms with van der Waals surface area (Å²) in [7, 11) is 2.12. The SMILES string of the molecule is COc1c(C(C)(C)C)cc2c(c1-c1ccccc1)C(C)=C(CC(C)C)C2(Cl)[SiH2]C1(Cl)C(CC(C)C)=C(C)c2c1cc(C(C)(C)C)c(OC)c2-c1ccccc1.[Zr]. The van der Waals surface area contributed by atoms with Crippen LogP contribution in [0.5, 0.6) is 11.5 Å². The Labute approximate surface area is 369 Å². The molecule has 4 aromatic rings. The quantitative estimate of drug-likeness (QED) is 0.117. The molecule has 2 atom stereocenters. The Morgan fingerprint density at radius 3 is 1.16 bits per heavy atom. The monoisotopic (exact) mass is 882 g/mol. The van der Waals surface area contributed by atoms with Crippen LogP contribution in [0.3, 0.4) is 0 Å². The zero-order valence-electron chi connectivity index (χ0n) is 36.3. The number of hydrogen-bond donors (Lipinski definition) is 0. The van der Waals surface area contributed by atoms with E-state index in [0.717, 1.165) is 46.6 Å². The van der Waals surface area contributed by atoms with Gasteiger partial charge in [-0.25, -0.2) is 0 Å². The van der Waals surface area contributed by atoms with E-state index in [-0.39, 0.29) is 37.0 Å². The van der Waals surface area contributed by atoms with Crippen molar-refractivity contribution in [2.24, 2.45) is 11.8 Å². The Bertz CT molecular complexity index is 2020. The van der Waals surface area contributed by atoms with E-state index >= 15 is 0 Å². The molecule has 0 saturated heterocycles. The Balaban J connectivity index is 0.00000600. The van der Waals surface area contributed by atoms with Crippen LogP contribution >= 0.6 is 23.2 Å². The molecule has 0 heterocycles. The van der Waals surface area contributed by atoms with E-state index in [4.69, 9.17) is 32.7 Å². The normalized spacial score (nSPS) is 19.7. The predicted octanol–water partition coefficient (Wildman–Crippen LogP) is 13.9. The van der Waals surface area contributed by atoms with Crippen LogP contribution in [-0.4, -0.2) is 23.7 Å². The molecule has 2 aliphatic rings. The largest absolute Gasteiger partial charge is 0.496 e. The van der Waals surface area contributed by atoms with E-state index in [2.05, 4.69) is 156 Å². The molecule has 6 heteroatoms. The molecule has 0 radical (unpaired) electrons. The third kappa shape index (κ3) is 7.64. The maximum Gasteiger partial charge on any atom is 0.131 e. The summed E-state index contributed by atoms with van der Waals surface area (Å²) in [4.78, 5) is 0. The summed E-state index contributed by atoms with van der Waals surface area (Å²) in [6.07, 6.45) is 1.79. The third-order valence-corrected chi connectivity index (χ3v) is 16.1. The number of halogens is 2. The number of benzene rings is 4. The molecule has 0 fully saturated rings. The van der Waals surface area contributed by atoms with Crippen molar-refractivity contribution >= 4 is 43.9 Å². The van der Waals surface area contributed by atoms with Crippen molar-refractivity contribution in [3.63, 3.8) is 0 Å². The second kappa shape index (κ2) is 16.4. The molecule has 2 unspecified atom stereocenters. The average molecular weight is 885 g/mol. The molecule has 56 heavy (non-hydrogen) atoms. The van der Waals surface area contributed by atoms with Crippen molar-refractivity contribution in [2.45, 2.75) is 116 Å². The van der Waals surface area contributed by atoms with Gasteiger partial charge in [0.05, 0.1) is 32.7 Å². The van der Waals surface area contributed by atoms with Gasteiger partial charge < -0.3 is 9.47 Å². The van der Waals surface area contributed by atoms with Crippen LogP contribution in [0.15, 0.2) is 83.9 Å². The van der Waals surface area contributed by atoms with Crippen LogP contribution in [0.1, 0.15) is 129 Å². The standard InChI is InChI=1S/C50H62Cl2O2Si.Zr/c1-29(2)25-35-31(5)41-37(27-39(47(7,8)9)45(53-13)43(41)33-21-17-15-18-22-33)49(35,51)55-50(52)36(26-30(3)4)32(6)42-38(50)28-40(48(10,11)12)46(54-14)44(42)34-23-19-16-20-24-34;/h15-24,27-30H,25-26,55H2,1-14H3;. The molecular weight excluding hydrogens is 823 g/mol. The Hall–Kier alpha value is -2.36. The van der Waals surface area contributed by atoms with Gasteiger partial charge in [-0.15, -0.1) is 23.2 Å². The van der Waals surface area contributed by atoms with Gasteiger partial charge in [0.15, 0.2) is 0 Å². The van der Waals surface area contributed by atoms with Gasteiger partial charge in [0.1, 0.15) is 11.5 Å². The first kappa shape index (κ1) is 44.7. The van der Waals surface area contributed by atoms with Crippen molar-refractivity contribution in [3.05, 3.63) is 117 Å². The number of methoxy groups -OCH3 is 2. The molecule has 0 bridgehead atoms. The second-order valence-electron chi connectivity index (χ2n) is 18.9. The van der Waals surface area contributed by atoms with Crippen molar-refractivity contribution in [1.82, 2.24) is 0 Å². The number of hydrogen-bond acceptors (Lipinski definition) is 2. The van der Waals surface area contributed by atoms with E-state index in [1.807, 2.05) is 14.2 Å². The molecule has 2 aliphatic carbocycles. The van der Waals surface area contributed by atoms with E-state index in [1.165, 1.54) is 55.7 Å². The fourth-order valence-electron chi connectivity index (χ4n) is 9.44. The van der Waals surface area contributed by atoms with Gasteiger partial charge in [0, 0.05) is 48.5 Å². The summed E-state index contributed by atoms with van der Waals surface area (Å²) in [6.45, 7) is 27.5. The molecule has 296 valence electrons. The average Bonchev–Trinajstić information content (AvgIpc) is 3.44. The minimum Gasteiger partial charge on any atom is -0.496 e. The van der Waals surface area contributed by atoms with Gasteiger partial charge >= 0.3 is 0 Å². The third-order valence-electron chi connectivity index (χ3n) is 11.9. The van der Waals surface area contributed by atoms with Crippen molar-refractivity contribution in [1.29, 1.82) is 0 Å². The maximum atomic E-state index is 8.65. The summed E-state index contributed by atoms with van der Waals surface area (Å²) in [5, 5.41) is 0. The smallest absolute Gasteiger partial charge is 0.131 e. The molecule has 0 saturated carbocycles. The van der Waals surface area contributed by atoms with Crippen molar-refractivity contribution in [3.8, 4) is 33.8 Å². The summed E-state index contributed by atoms with van der Waals surface area (Å²) in [5.74, 6) is 2.68. The Kier molecular flexibility index (Phi) is 13.1. The molecule has 2 nitrogen and oxygen atoms in total. The molecule has 4 aromatic carbocycles. The van der Waals surface area contributed by atoms with Gasteiger partial charge in [-0.1, -0.05) is 130 Å². The zero-order chi connectivity index (χ0) is 40.4. The van der Waals surface area contributed by atoms with Crippen LogP contribution in [-0.2, 0) is 46.0 Å². The van der Waals surface area contributed by atoms with Crippen LogP contribution in [0, 0.1) is 11.8 Å². The first-order valence-electron chi connectivity index (χ1n) is 20.1. The fourth-order valence-corrected chi connectivity index (χ4v) is 14.4. The Morgan fingerprint density at radius 2 is 0.893 bits per heavy atom. The van der Waals surface area contributed by atoms with Crippen molar-refractivity contribution in [2.75, 3.05) is 14.2 Å². The van der Waals surface area contributed by atoms with Crippen LogP contribution in [0.4, 0.5) is 0 Å². The van der Waals surface area contributed by atoms with Gasteiger partial charge in [-0.2, -0.15) is 0 Å². The number of ether oxygens (including phenoxy) is 2. The van der Waals surface area contributed by atoms with E-state index in [9.17, 15) is 0 Å². The molecule has 0 spiro atoms. The summed E-state index contributed by atoms with van der Waals surface area (Å²) in [6, 6.07) is 26.3. The second-order valence-corrected chi connectivity index (χ2v) is 23.6. The number of fused-ring (bicyclic) bond motifs is 2. The molecule has 0 aromatic heterocycles. The van der Waals surface area contributed by atoms with Gasteiger partial charge in [-0.3, -0.25) is 0 Å². The first-order valence-corrected chi connectivity index (χ1v) is 22.3. The molecule has 0 amide bonds. The van der Waals surface area contributed by atoms with Crippen LogP contribution < -0.4 is 9.47 Å². The molecule has 6 rings (SSSR count). The summed E-state index contributed by atoms with van der Waals surface area (Å²) in [5.41, 5.74) is 16.5. The number of alkyl halides is 2. The minimum absolute atomic E-state index is 0. The van der Waals surface area contributed by atoms with Gasteiger partial charge in [0.2, 0.25) is 0 Å². The maximum absolute atomic E-state index is 8.65. The Morgan fingerprint density at radius 1 is 0.571 bits per heavy atom. The first-order chi connectivity index (χ1) is 25.7. The van der Waals surface area contributed by atoms with E-state index in [1.54, 1.807) is 0 Å². The van der Waals surface area contributed by atoms with E-state index < -0.39 is 18.5 Å². The minimum atomic E-state index is -1.51.